The van der Waals surface area contributed by atoms with E-state index in [1.54, 1.807) is 0 Å². The smallest absolute Gasteiger partial charge is 0.136 e. The van der Waals surface area contributed by atoms with Crippen molar-refractivity contribution in [3.8, 4) is 0 Å². The summed E-state index contributed by atoms with van der Waals surface area (Å²) < 4.78 is 17.0. The Kier molecular flexibility index (Phi) is 4.98. The van der Waals surface area contributed by atoms with E-state index < -0.39 is 0 Å². The lowest BCUT2D eigenvalue weighted by Gasteiger charge is -2.08. The van der Waals surface area contributed by atoms with Crippen LogP contribution in [0.5, 0.6) is 0 Å². The van der Waals surface area contributed by atoms with E-state index >= 15 is 0 Å². The summed E-state index contributed by atoms with van der Waals surface area (Å²) in [5.74, 6) is 0.206. The minimum atomic E-state index is 0.206. The van der Waals surface area contributed by atoms with Gasteiger partial charge in [0.15, 0.2) is 0 Å². The van der Waals surface area contributed by atoms with Crippen molar-refractivity contribution in [2.45, 2.75) is 12.8 Å². The highest BCUT2D eigenvalue weighted by atomic mass is 32.1. The average Bonchev–Trinajstić information content (AvgIpc) is 3.31. The molecule has 0 aliphatic rings. The van der Waals surface area contributed by atoms with Crippen molar-refractivity contribution < 1.29 is 4.79 Å². The standard InChI is InChI=1S/C17H16N6OS2/c24-11(7-9-18-12-3-1-5-14-16(12)22-25-20-14)8-10-19-13-4-2-6-15-17(13)23-26-21-15/h1-6,18-19H,7-10H2. The van der Waals surface area contributed by atoms with E-state index in [9.17, 15) is 4.79 Å². The Morgan fingerprint density at radius 2 is 1.27 bits per heavy atom. The number of benzene rings is 2. The summed E-state index contributed by atoms with van der Waals surface area (Å²) in [4.78, 5) is 12.1. The van der Waals surface area contributed by atoms with Gasteiger partial charge in [-0.1, -0.05) is 12.1 Å². The van der Waals surface area contributed by atoms with Crippen LogP contribution in [0.4, 0.5) is 11.4 Å². The SMILES string of the molecule is O=C(CCNc1cccc2nsnc12)CCNc1cccc2nsnc12. The van der Waals surface area contributed by atoms with Gasteiger partial charge < -0.3 is 10.6 Å². The number of Topliss-reactive ketones (excluding diaryl/α,β-unsaturated/α-hetero) is 1. The van der Waals surface area contributed by atoms with Crippen LogP contribution >= 0.6 is 23.5 Å². The summed E-state index contributed by atoms with van der Waals surface area (Å²) in [5, 5.41) is 6.56. The van der Waals surface area contributed by atoms with Gasteiger partial charge in [0.25, 0.3) is 0 Å². The van der Waals surface area contributed by atoms with Gasteiger partial charge in [0.2, 0.25) is 0 Å². The molecule has 0 saturated heterocycles. The van der Waals surface area contributed by atoms with Gasteiger partial charge in [0.1, 0.15) is 27.9 Å². The summed E-state index contributed by atoms with van der Waals surface area (Å²) in [6, 6.07) is 11.6. The third kappa shape index (κ3) is 3.63. The quantitative estimate of drug-likeness (QED) is 0.480. The molecule has 7 nitrogen and oxygen atoms in total. The second-order valence-electron chi connectivity index (χ2n) is 5.77. The zero-order chi connectivity index (χ0) is 17.8. The van der Waals surface area contributed by atoms with Crippen LogP contribution in [-0.2, 0) is 4.79 Å². The highest BCUT2D eigenvalue weighted by Crippen LogP contribution is 2.22. The summed E-state index contributed by atoms with van der Waals surface area (Å²) in [6.07, 6.45) is 0.941. The van der Waals surface area contributed by atoms with Gasteiger partial charge in [-0.3, -0.25) is 4.79 Å². The molecule has 0 spiro atoms. The largest absolute Gasteiger partial charge is 0.383 e. The van der Waals surface area contributed by atoms with E-state index in [-0.39, 0.29) is 5.78 Å². The number of fused-ring (bicyclic) bond motifs is 2. The number of carbonyl (C=O) groups is 1. The maximum atomic E-state index is 12.1. The number of hydrogen-bond acceptors (Lipinski definition) is 9. The third-order valence-electron chi connectivity index (χ3n) is 4.01. The Morgan fingerprint density at radius 3 is 1.77 bits per heavy atom. The fourth-order valence-electron chi connectivity index (χ4n) is 2.70. The summed E-state index contributed by atoms with van der Waals surface area (Å²) in [7, 11) is 0. The highest BCUT2D eigenvalue weighted by Gasteiger charge is 2.07. The van der Waals surface area contributed by atoms with Crippen molar-refractivity contribution >= 4 is 62.7 Å². The molecule has 0 aliphatic carbocycles. The van der Waals surface area contributed by atoms with Crippen molar-refractivity contribution in [3.63, 3.8) is 0 Å². The molecule has 4 aromatic rings. The van der Waals surface area contributed by atoms with Crippen molar-refractivity contribution in [3.05, 3.63) is 36.4 Å². The lowest BCUT2D eigenvalue weighted by Crippen LogP contribution is -2.13. The molecule has 2 N–H and O–H groups in total. The Labute approximate surface area is 158 Å². The number of aromatic nitrogens is 4. The first-order chi connectivity index (χ1) is 12.8. The van der Waals surface area contributed by atoms with Crippen molar-refractivity contribution in [1.82, 2.24) is 17.5 Å². The van der Waals surface area contributed by atoms with Gasteiger partial charge in [-0.05, 0) is 24.3 Å². The van der Waals surface area contributed by atoms with E-state index in [0.717, 1.165) is 33.4 Å². The van der Waals surface area contributed by atoms with Crippen LogP contribution in [0.15, 0.2) is 36.4 Å². The number of nitrogens with zero attached hydrogens (tertiary/aromatic N) is 4. The average molecular weight is 384 g/mol. The fourth-order valence-corrected chi connectivity index (χ4v) is 3.80. The topological polar surface area (TPSA) is 92.7 Å². The van der Waals surface area contributed by atoms with E-state index in [1.807, 2.05) is 36.4 Å². The first-order valence-electron chi connectivity index (χ1n) is 8.23. The monoisotopic (exact) mass is 384 g/mol. The molecule has 0 radical (unpaired) electrons. The Balaban J connectivity index is 1.24. The summed E-state index contributed by atoms with van der Waals surface area (Å²) in [5.41, 5.74) is 5.31. The molecule has 0 amide bonds. The lowest BCUT2D eigenvalue weighted by molar-refractivity contribution is -0.118. The Hall–Kier alpha value is -2.65. The first-order valence-corrected chi connectivity index (χ1v) is 9.69. The first kappa shape index (κ1) is 16.8. The number of rotatable bonds is 8. The van der Waals surface area contributed by atoms with Crippen LogP contribution in [-0.4, -0.2) is 36.4 Å². The van der Waals surface area contributed by atoms with Crippen LogP contribution < -0.4 is 10.6 Å². The fraction of sp³-hybridized carbons (Fsp3) is 0.235. The number of anilines is 2. The Bertz CT molecular complexity index is 962. The van der Waals surface area contributed by atoms with Crippen LogP contribution in [0.25, 0.3) is 22.1 Å². The second kappa shape index (κ2) is 7.71. The van der Waals surface area contributed by atoms with Crippen molar-refractivity contribution in [2.75, 3.05) is 23.7 Å². The molecule has 0 atom stereocenters. The Morgan fingerprint density at radius 1 is 0.769 bits per heavy atom. The highest BCUT2D eigenvalue weighted by molar-refractivity contribution is 7.00. The van der Waals surface area contributed by atoms with Crippen molar-refractivity contribution in [2.24, 2.45) is 0 Å². The predicted octanol–water partition coefficient (Wildman–Crippen LogP) is 3.57. The number of hydrogen-bond donors (Lipinski definition) is 2. The van der Waals surface area contributed by atoms with Gasteiger partial charge in [0, 0.05) is 25.9 Å². The number of nitrogens with one attached hydrogen (secondary N) is 2. The molecule has 2 aromatic heterocycles. The molecule has 0 saturated carbocycles. The third-order valence-corrected chi connectivity index (χ3v) is 5.10. The lowest BCUT2D eigenvalue weighted by atomic mass is 10.2. The van der Waals surface area contributed by atoms with Gasteiger partial charge in [-0.2, -0.15) is 17.5 Å². The minimum absolute atomic E-state index is 0.206. The number of ketones is 1. The van der Waals surface area contributed by atoms with Crippen molar-refractivity contribution in [1.29, 1.82) is 0 Å². The van der Waals surface area contributed by atoms with Gasteiger partial charge >= 0.3 is 0 Å². The summed E-state index contributed by atoms with van der Waals surface area (Å²) in [6.45, 7) is 1.17. The predicted molar refractivity (Wildman–Crippen MR) is 106 cm³/mol. The molecule has 2 aromatic carbocycles. The van der Waals surface area contributed by atoms with Crippen LogP contribution in [0.2, 0.25) is 0 Å². The molecular weight excluding hydrogens is 368 g/mol. The van der Waals surface area contributed by atoms with Gasteiger partial charge in [-0.25, -0.2) is 0 Å². The second-order valence-corrected chi connectivity index (χ2v) is 6.82. The molecule has 0 unspecified atom stereocenters. The van der Waals surface area contributed by atoms with Crippen LogP contribution in [0.1, 0.15) is 12.8 Å². The van der Waals surface area contributed by atoms with Gasteiger partial charge in [0.05, 0.1) is 34.8 Å². The molecule has 0 bridgehead atoms. The van der Waals surface area contributed by atoms with Crippen LogP contribution in [0.3, 0.4) is 0 Å². The molecule has 0 aliphatic heterocycles. The molecule has 4 rings (SSSR count). The zero-order valence-corrected chi connectivity index (χ0v) is 15.4. The molecule has 26 heavy (non-hydrogen) atoms. The molecule has 0 fully saturated rings. The molecule has 9 heteroatoms. The van der Waals surface area contributed by atoms with Gasteiger partial charge in [-0.15, -0.1) is 0 Å². The number of carbonyl (C=O) groups excluding carboxylic acids is 1. The van der Waals surface area contributed by atoms with E-state index in [1.165, 1.54) is 23.5 Å². The maximum Gasteiger partial charge on any atom is 0.136 e. The van der Waals surface area contributed by atoms with E-state index in [4.69, 9.17) is 0 Å². The van der Waals surface area contributed by atoms with E-state index in [2.05, 4.69) is 28.1 Å². The summed E-state index contributed by atoms with van der Waals surface area (Å²) >= 11 is 2.39. The molecule has 132 valence electrons. The normalized spacial score (nSPS) is 11.1. The van der Waals surface area contributed by atoms with E-state index in [0.29, 0.717) is 25.9 Å². The molecular formula is C17H16N6OS2. The zero-order valence-electron chi connectivity index (χ0n) is 13.8. The molecule has 2 heterocycles. The van der Waals surface area contributed by atoms with Crippen LogP contribution in [0, 0.1) is 0 Å². The maximum absolute atomic E-state index is 12.1. The minimum Gasteiger partial charge on any atom is -0.383 e.